The minimum absolute atomic E-state index is 0.0113. The molecule has 2 aromatic carbocycles. The van der Waals surface area contributed by atoms with Crippen LogP contribution < -0.4 is 10.1 Å². The quantitative estimate of drug-likeness (QED) is 0.376. The van der Waals surface area contributed by atoms with Crippen LogP contribution in [-0.4, -0.2) is 50.4 Å². The van der Waals surface area contributed by atoms with Gasteiger partial charge in [-0.2, -0.15) is 0 Å². The van der Waals surface area contributed by atoms with Crippen LogP contribution in [0.5, 0.6) is 5.75 Å². The van der Waals surface area contributed by atoms with Crippen LogP contribution in [0.1, 0.15) is 10.4 Å². The molecule has 4 N–H and O–H groups in total. The number of hydrogen-bond acceptors (Lipinski definition) is 6. The van der Waals surface area contributed by atoms with E-state index in [9.17, 15) is 9.90 Å². The van der Waals surface area contributed by atoms with Crippen molar-refractivity contribution in [2.24, 2.45) is 0 Å². The van der Waals surface area contributed by atoms with E-state index in [0.29, 0.717) is 28.3 Å². The molecular formula is C22H20N4O4. The number of pyridine rings is 1. The zero-order valence-electron chi connectivity index (χ0n) is 15.9. The van der Waals surface area contributed by atoms with Crippen molar-refractivity contribution in [1.29, 1.82) is 0 Å². The number of hydrogen-bond donors (Lipinski definition) is 4. The molecule has 0 bridgehead atoms. The Balaban J connectivity index is 1.51. The maximum absolute atomic E-state index is 12.8. The SMILES string of the molecule is O=C(Nc1ccc(OC[C@@H](O)CO)cc1)c1cccc2[nH]c(-c3cccnc3)nc12. The number of aliphatic hydroxyl groups is 2. The Labute approximate surface area is 172 Å². The predicted octanol–water partition coefficient (Wildman–Crippen LogP) is 2.61. The lowest BCUT2D eigenvalue weighted by atomic mass is 10.1. The van der Waals surface area contributed by atoms with Gasteiger partial charge in [-0.1, -0.05) is 6.07 Å². The first-order chi connectivity index (χ1) is 14.6. The Kier molecular flexibility index (Phi) is 5.69. The molecule has 8 heteroatoms. The zero-order chi connectivity index (χ0) is 20.9. The van der Waals surface area contributed by atoms with Crippen molar-refractivity contribution < 1.29 is 19.7 Å². The first kappa shape index (κ1) is 19.6. The van der Waals surface area contributed by atoms with Crippen molar-refractivity contribution in [3.8, 4) is 17.1 Å². The van der Waals surface area contributed by atoms with Crippen LogP contribution in [-0.2, 0) is 0 Å². The smallest absolute Gasteiger partial charge is 0.257 e. The van der Waals surface area contributed by atoms with E-state index in [4.69, 9.17) is 9.84 Å². The Hall–Kier alpha value is -3.75. The lowest BCUT2D eigenvalue weighted by molar-refractivity contribution is 0.0536. The maximum atomic E-state index is 12.8. The molecule has 30 heavy (non-hydrogen) atoms. The number of imidazole rings is 1. The third-order valence-electron chi connectivity index (χ3n) is 4.46. The summed E-state index contributed by atoms with van der Waals surface area (Å²) in [6.07, 6.45) is 2.46. The monoisotopic (exact) mass is 404 g/mol. The van der Waals surface area contributed by atoms with E-state index >= 15 is 0 Å². The average molecular weight is 404 g/mol. The number of benzene rings is 2. The first-order valence-electron chi connectivity index (χ1n) is 9.36. The number of anilines is 1. The molecule has 1 atom stereocenters. The van der Waals surface area contributed by atoms with Gasteiger partial charge in [0, 0.05) is 23.6 Å². The van der Waals surface area contributed by atoms with Gasteiger partial charge in [0.2, 0.25) is 0 Å². The van der Waals surface area contributed by atoms with Crippen LogP contribution in [0.15, 0.2) is 67.0 Å². The summed E-state index contributed by atoms with van der Waals surface area (Å²) in [6.45, 7) is -0.377. The summed E-state index contributed by atoms with van der Waals surface area (Å²) in [6, 6.07) is 15.9. The minimum atomic E-state index is -0.935. The molecule has 0 aliphatic carbocycles. The lowest BCUT2D eigenvalue weighted by Crippen LogP contribution is -2.21. The fourth-order valence-electron chi connectivity index (χ4n) is 2.93. The van der Waals surface area contributed by atoms with Crippen LogP contribution >= 0.6 is 0 Å². The number of aliphatic hydroxyl groups excluding tert-OH is 2. The molecule has 4 aromatic rings. The molecule has 8 nitrogen and oxygen atoms in total. The second kappa shape index (κ2) is 8.73. The highest BCUT2D eigenvalue weighted by molar-refractivity contribution is 6.11. The topological polar surface area (TPSA) is 120 Å². The van der Waals surface area contributed by atoms with Gasteiger partial charge in [-0.15, -0.1) is 0 Å². The van der Waals surface area contributed by atoms with Gasteiger partial charge in [-0.3, -0.25) is 9.78 Å². The summed E-state index contributed by atoms with van der Waals surface area (Å²) in [5, 5.41) is 21.0. The number of rotatable bonds is 7. The van der Waals surface area contributed by atoms with Crippen molar-refractivity contribution in [3.05, 3.63) is 72.6 Å². The fourth-order valence-corrected chi connectivity index (χ4v) is 2.93. The molecule has 0 saturated carbocycles. The van der Waals surface area contributed by atoms with E-state index in [2.05, 4.69) is 20.3 Å². The van der Waals surface area contributed by atoms with Crippen molar-refractivity contribution in [2.75, 3.05) is 18.5 Å². The fraction of sp³-hybridized carbons (Fsp3) is 0.136. The van der Waals surface area contributed by atoms with E-state index < -0.39 is 6.10 Å². The summed E-state index contributed by atoms with van der Waals surface area (Å²) < 4.78 is 5.36. The first-order valence-corrected chi connectivity index (χ1v) is 9.36. The molecule has 0 unspecified atom stereocenters. The molecular weight excluding hydrogens is 384 g/mol. The Morgan fingerprint density at radius 2 is 1.97 bits per heavy atom. The Bertz CT molecular complexity index is 1140. The number of para-hydroxylation sites is 1. The molecule has 2 aromatic heterocycles. The van der Waals surface area contributed by atoms with Crippen molar-refractivity contribution in [1.82, 2.24) is 15.0 Å². The summed E-state index contributed by atoms with van der Waals surface area (Å²) in [7, 11) is 0. The maximum Gasteiger partial charge on any atom is 0.257 e. The number of carbonyl (C=O) groups is 1. The molecule has 2 heterocycles. The summed E-state index contributed by atoms with van der Waals surface area (Å²) in [5.74, 6) is 0.884. The second-order valence-corrected chi connectivity index (χ2v) is 6.65. The predicted molar refractivity (Wildman–Crippen MR) is 112 cm³/mol. The van der Waals surface area contributed by atoms with Gasteiger partial charge >= 0.3 is 0 Å². The highest BCUT2D eigenvalue weighted by Gasteiger charge is 2.15. The van der Waals surface area contributed by atoms with Crippen LogP contribution in [0.2, 0.25) is 0 Å². The van der Waals surface area contributed by atoms with Gasteiger partial charge in [-0.05, 0) is 48.5 Å². The van der Waals surface area contributed by atoms with E-state index in [1.165, 1.54) is 0 Å². The summed E-state index contributed by atoms with van der Waals surface area (Å²) in [4.78, 5) is 24.8. The van der Waals surface area contributed by atoms with Crippen LogP contribution in [0.25, 0.3) is 22.4 Å². The van der Waals surface area contributed by atoms with Crippen molar-refractivity contribution >= 4 is 22.6 Å². The molecule has 4 rings (SSSR count). The normalized spacial score (nSPS) is 11.9. The average Bonchev–Trinajstić information content (AvgIpc) is 3.23. The molecule has 0 spiro atoms. The van der Waals surface area contributed by atoms with E-state index in [1.54, 1.807) is 48.8 Å². The summed E-state index contributed by atoms with van der Waals surface area (Å²) in [5.41, 5.74) is 3.21. The number of nitrogens with one attached hydrogen (secondary N) is 2. The highest BCUT2D eigenvalue weighted by Crippen LogP contribution is 2.23. The number of carbonyl (C=O) groups excluding carboxylic acids is 1. The van der Waals surface area contributed by atoms with Gasteiger partial charge < -0.3 is 25.3 Å². The third-order valence-corrected chi connectivity index (χ3v) is 4.46. The van der Waals surface area contributed by atoms with E-state index in [0.717, 1.165) is 11.1 Å². The van der Waals surface area contributed by atoms with Crippen LogP contribution in [0, 0.1) is 0 Å². The molecule has 152 valence electrons. The Morgan fingerprint density at radius 1 is 1.13 bits per heavy atom. The van der Waals surface area contributed by atoms with Gasteiger partial charge in [0.05, 0.1) is 17.7 Å². The number of aromatic nitrogens is 3. The van der Waals surface area contributed by atoms with Gasteiger partial charge in [0.15, 0.2) is 0 Å². The van der Waals surface area contributed by atoms with Gasteiger partial charge in [0.25, 0.3) is 5.91 Å². The Morgan fingerprint density at radius 3 is 2.70 bits per heavy atom. The van der Waals surface area contributed by atoms with Crippen LogP contribution in [0.4, 0.5) is 5.69 Å². The van der Waals surface area contributed by atoms with E-state index in [-0.39, 0.29) is 19.1 Å². The second-order valence-electron chi connectivity index (χ2n) is 6.65. The standard InChI is InChI=1S/C22H20N4O4/c27-12-16(28)13-30-17-8-6-15(7-9-17)24-22(29)18-4-1-5-19-20(18)26-21(25-19)14-3-2-10-23-11-14/h1-11,16,27-28H,12-13H2,(H,24,29)(H,25,26)/t16-/m0/s1. The number of ether oxygens (including phenoxy) is 1. The number of fused-ring (bicyclic) bond motifs is 1. The zero-order valence-corrected chi connectivity index (χ0v) is 15.9. The molecule has 1 amide bonds. The number of H-pyrrole nitrogens is 1. The van der Waals surface area contributed by atoms with Crippen LogP contribution in [0.3, 0.4) is 0 Å². The lowest BCUT2D eigenvalue weighted by Gasteiger charge is -2.11. The molecule has 0 saturated heterocycles. The number of amides is 1. The minimum Gasteiger partial charge on any atom is -0.491 e. The molecule has 0 fully saturated rings. The largest absolute Gasteiger partial charge is 0.491 e. The molecule has 0 aliphatic rings. The molecule has 0 radical (unpaired) electrons. The highest BCUT2D eigenvalue weighted by atomic mass is 16.5. The number of nitrogens with zero attached hydrogens (tertiary/aromatic N) is 2. The van der Waals surface area contributed by atoms with E-state index in [1.807, 2.05) is 18.2 Å². The van der Waals surface area contributed by atoms with Gasteiger partial charge in [-0.25, -0.2) is 4.98 Å². The van der Waals surface area contributed by atoms with Crippen molar-refractivity contribution in [3.63, 3.8) is 0 Å². The summed E-state index contributed by atoms with van der Waals surface area (Å²) >= 11 is 0. The number of aromatic amines is 1. The third kappa shape index (κ3) is 4.29. The van der Waals surface area contributed by atoms with Crippen molar-refractivity contribution in [2.45, 2.75) is 6.10 Å². The molecule has 0 aliphatic heterocycles. The van der Waals surface area contributed by atoms with Gasteiger partial charge in [0.1, 0.15) is 29.8 Å².